The predicted octanol–water partition coefficient (Wildman–Crippen LogP) is 1.71. The minimum atomic E-state index is -0.770. The Morgan fingerprint density at radius 1 is 1.50 bits per heavy atom. The maximum atomic E-state index is 10.1. The van der Waals surface area contributed by atoms with Crippen LogP contribution in [0.3, 0.4) is 0 Å². The predicted molar refractivity (Wildman–Crippen MR) is 78.0 cm³/mol. The first kappa shape index (κ1) is 15.0. The van der Waals surface area contributed by atoms with E-state index in [1.54, 1.807) is 18.7 Å². The highest BCUT2D eigenvalue weighted by atomic mass is 32.2. The fraction of sp³-hybridized carbons (Fsp3) is 0.667. The molecule has 0 fully saturated rings. The summed E-state index contributed by atoms with van der Waals surface area (Å²) in [6, 6.07) is 0. The molecule has 4 N–H and O–H groups in total. The van der Waals surface area contributed by atoms with Crippen molar-refractivity contribution in [2.45, 2.75) is 32.3 Å². The number of nitrogens with one attached hydrogen (secondary N) is 1. The second-order valence-corrected chi connectivity index (χ2v) is 5.83. The van der Waals surface area contributed by atoms with Gasteiger partial charge in [0.15, 0.2) is 0 Å². The van der Waals surface area contributed by atoms with Gasteiger partial charge in [-0.15, -0.1) is 0 Å². The zero-order chi connectivity index (χ0) is 13.8. The summed E-state index contributed by atoms with van der Waals surface area (Å²) >= 11 is 1.61. The molecule has 0 aliphatic rings. The number of hydrogen-bond acceptors (Lipinski definition) is 6. The number of rotatable bonds is 6. The van der Waals surface area contributed by atoms with Gasteiger partial charge < -0.3 is 16.2 Å². The minimum Gasteiger partial charge on any atom is -0.387 e. The first-order chi connectivity index (χ1) is 8.37. The van der Waals surface area contributed by atoms with E-state index in [-0.39, 0.29) is 5.92 Å². The molecule has 0 aliphatic carbocycles. The number of aliphatic hydroxyl groups is 1. The van der Waals surface area contributed by atoms with Gasteiger partial charge in [-0.1, -0.05) is 13.8 Å². The van der Waals surface area contributed by atoms with E-state index in [4.69, 9.17) is 5.73 Å². The topological polar surface area (TPSA) is 84.1 Å². The van der Waals surface area contributed by atoms with Crippen molar-refractivity contribution in [1.82, 2.24) is 9.97 Å². The zero-order valence-electron chi connectivity index (χ0n) is 11.4. The van der Waals surface area contributed by atoms with Gasteiger partial charge >= 0.3 is 0 Å². The van der Waals surface area contributed by atoms with Crippen molar-refractivity contribution in [2.24, 2.45) is 0 Å². The number of nitrogens with two attached hydrogens (primary N) is 1. The van der Waals surface area contributed by atoms with Crippen molar-refractivity contribution in [3.8, 4) is 0 Å². The number of thioether (sulfide) groups is 1. The Morgan fingerprint density at radius 3 is 2.72 bits per heavy atom. The lowest BCUT2D eigenvalue weighted by Gasteiger charge is -2.24. The average molecular weight is 270 g/mol. The van der Waals surface area contributed by atoms with Crippen molar-refractivity contribution in [3.05, 3.63) is 11.9 Å². The van der Waals surface area contributed by atoms with E-state index in [9.17, 15) is 5.11 Å². The fourth-order valence-corrected chi connectivity index (χ4v) is 2.48. The third-order valence-corrected chi connectivity index (χ3v) is 3.49. The van der Waals surface area contributed by atoms with Crippen molar-refractivity contribution >= 4 is 23.4 Å². The smallest absolute Gasteiger partial charge is 0.135 e. The zero-order valence-corrected chi connectivity index (χ0v) is 12.2. The minimum absolute atomic E-state index is 0.235. The molecule has 0 spiro atoms. The molecule has 0 radical (unpaired) electrons. The molecule has 1 aromatic rings. The Kier molecular flexibility index (Phi) is 5.22. The van der Waals surface area contributed by atoms with Crippen LogP contribution in [0.4, 0.5) is 11.6 Å². The monoisotopic (exact) mass is 270 g/mol. The molecule has 0 bridgehead atoms. The van der Waals surface area contributed by atoms with E-state index < -0.39 is 5.60 Å². The maximum absolute atomic E-state index is 10.1. The molecule has 6 heteroatoms. The lowest BCUT2D eigenvalue weighted by molar-refractivity contribution is 0.0996. The highest BCUT2D eigenvalue weighted by Crippen LogP contribution is 2.26. The Hall–Kier alpha value is -1.01. The van der Waals surface area contributed by atoms with Gasteiger partial charge in [-0.2, -0.15) is 11.8 Å². The van der Waals surface area contributed by atoms with Crippen LogP contribution in [0.25, 0.3) is 0 Å². The molecule has 0 saturated carbocycles. The molecule has 5 nitrogen and oxygen atoms in total. The summed E-state index contributed by atoms with van der Waals surface area (Å²) in [4.78, 5) is 8.21. The SMILES string of the molecule is CSCC(C)(O)CNc1ncnc(N)c1C(C)C. The number of nitrogen functional groups attached to an aromatic ring is 1. The lowest BCUT2D eigenvalue weighted by atomic mass is 10.0. The van der Waals surface area contributed by atoms with E-state index in [1.165, 1.54) is 6.33 Å². The van der Waals surface area contributed by atoms with Crippen LogP contribution < -0.4 is 11.1 Å². The molecule has 1 atom stereocenters. The van der Waals surface area contributed by atoms with Gasteiger partial charge in [0.05, 0.1) is 5.60 Å². The van der Waals surface area contributed by atoms with Crippen LogP contribution in [0.5, 0.6) is 0 Å². The summed E-state index contributed by atoms with van der Waals surface area (Å²) in [7, 11) is 0. The fourth-order valence-electron chi connectivity index (χ4n) is 1.76. The van der Waals surface area contributed by atoms with Gasteiger partial charge in [0, 0.05) is 17.9 Å². The summed E-state index contributed by atoms with van der Waals surface area (Å²) in [5.74, 6) is 2.10. The second kappa shape index (κ2) is 6.24. The number of anilines is 2. The molecule has 1 unspecified atom stereocenters. The molecular weight excluding hydrogens is 248 g/mol. The summed E-state index contributed by atoms with van der Waals surface area (Å²) in [5, 5.41) is 13.3. The summed E-state index contributed by atoms with van der Waals surface area (Å²) < 4.78 is 0. The lowest BCUT2D eigenvalue weighted by Crippen LogP contribution is -2.36. The Balaban J connectivity index is 2.82. The third kappa shape index (κ3) is 4.03. The number of hydrogen-bond donors (Lipinski definition) is 3. The van der Waals surface area contributed by atoms with Crippen LogP contribution in [-0.4, -0.2) is 39.2 Å². The normalized spacial score (nSPS) is 14.6. The highest BCUT2D eigenvalue weighted by Gasteiger charge is 2.21. The van der Waals surface area contributed by atoms with Gasteiger partial charge in [-0.05, 0) is 19.1 Å². The average Bonchev–Trinajstić information content (AvgIpc) is 2.26. The Bertz CT molecular complexity index is 396. The van der Waals surface area contributed by atoms with Gasteiger partial charge in [0.2, 0.25) is 0 Å². The van der Waals surface area contributed by atoms with Crippen LogP contribution in [0.2, 0.25) is 0 Å². The quantitative estimate of drug-likeness (QED) is 0.730. The Morgan fingerprint density at radius 2 is 2.17 bits per heavy atom. The molecule has 1 rings (SSSR count). The van der Waals surface area contributed by atoms with Gasteiger partial charge in [-0.3, -0.25) is 0 Å². The largest absolute Gasteiger partial charge is 0.387 e. The van der Waals surface area contributed by atoms with Crippen LogP contribution in [0, 0.1) is 0 Å². The first-order valence-electron chi connectivity index (χ1n) is 5.93. The molecule has 102 valence electrons. The molecule has 0 saturated heterocycles. The molecule has 1 heterocycles. The van der Waals surface area contributed by atoms with Crippen LogP contribution in [0.1, 0.15) is 32.3 Å². The number of nitrogens with zero attached hydrogens (tertiary/aromatic N) is 2. The van der Waals surface area contributed by atoms with E-state index in [1.807, 2.05) is 20.1 Å². The molecular formula is C12H22N4OS. The summed E-state index contributed by atoms with van der Waals surface area (Å²) in [6.07, 6.45) is 3.41. The van der Waals surface area contributed by atoms with Crippen molar-refractivity contribution in [2.75, 3.05) is 29.6 Å². The van der Waals surface area contributed by atoms with E-state index in [2.05, 4.69) is 15.3 Å². The van der Waals surface area contributed by atoms with Crippen LogP contribution in [-0.2, 0) is 0 Å². The van der Waals surface area contributed by atoms with Crippen LogP contribution in [0.15, 0.2) is 6.33 Å². The molecule has 0 aliphatic heterocycles. The van der Waals surface area contributed by atoms with E-state index in [0.29, 0.717) is 23.9 Å². The van der Waals surface area contributed by atoms with Crippen molar-refractivity contribution < 1.29 is 5.11 Å². The van der Waals surface area contributed by atoms with Crippen molar-refractivity contribution in [1.29, 1.82) is 0 Å². The molecule has 18 heavy (non-hydrogen) atoms. The second-order valence-electron chi connectivity index (χ2n) is 4.96. The van der Waals surface area contributed by atoms with Gasteiger partial charge in [0.25, 0.3) is 0 Å². The standard InChI is InChI=1S/C12H22N4OS/c1-8(2)9-10(13)15-7-16-11(9)14-5-12(3,17)6-18-4/h7-8,17H,5-6H2,1-4H3,(H3,13,14,15,16). The number of aromatic nitrogens is 2. The summed E-state index contributed by atoms with van der Waals surface area (Å²) in [5.41, 5.74) is 5.99. The van der Waals surface area contributed by atoms with Gasteiger partial charge in [-0.25, -0.2) is 9.97 Å². The van der Waals surface area contributed by atoms with Gasteiger partial charge in [0.1, 0.15) is 18.0 Å². The van der Waals surface area contributed by atoms with Crippen molar-refractivity contribution in [3.63, 3.8) is 0 Å². The third-order valence-electron chi connectivity index (χ3n) is 2.58. The molecule has 1 aromatic heterocycles. The van der Waals surface area contributed by atoms with E-state index >= 15 is 0 Å². The molecule has 0 aromatic carbocycles. The first-order valence-corrected chi connectivity index (χ1v) is 7.32. The maximum Gasteiger partial charge on any atom is 0.135 e. The summed E-state index contributed by atoms with van der Waals surface area (Å²) in [6.45, 7) is 6.32. The highest BCUT2D eigenvalue weighted by molar-refractivity contribution is 7.98. The van der Waals surface area contributed by atoms with Crippen LogP contribution >= 0.6 is 11.8 Å². The Labute approximate surface area is 113 Å². The van der Waals surface area contributed by atoms with E-state index in [0.717, 1.165) is 5.56 Å². The molecule has 0 amide bonds.